The third kappa shape index (κ3) is 9.09. The zero-order valence-corrected chi connectivity index (χ0v) is 22.9. The Kier molecular flexibility index (Phi) is 12.3. The topological polar surface area (TPSA) is 123 Å². The van der Waals surface area contributed by atoms with Crippen molar-refractivity contribution in [3.8, 4) is 6.07 Å². The molecule has 0 saturated heterocycles. The fourth-order valence-electron chi connectivity index (χ4n) is 5.43. The summed E-state index contributed by atoms with van der Waals surface area (Å²) in [6.07, 6.45) is 7.06. The minimum Gasteiger partial charge on any atom is -0.481 e. The number of benzene rings is 2. The number of nitrogens with zero attached hydrogens (tertiary/aromatic N) is 2. The minimum atomic E-state index is -0.842. The van der Waals surface area contributed by atoms with Crippen molar-refractivity contribution >= 4 is 17.6 Å². The largest absolute Gasteiger partial charge is 0.481 e. The van der Waals surface area contributed by atoms with Crippen LogP contribution in [-0.4, -0.2) is 61.0 Å². The molecule has 1 aliphatic heterocycles. The average Bonchev–Trinajstić information content (AvgIpc) is 3.38. The van der Waals surface area contributed by atoms with E-state index in [1.807, 2.05) is 12.1 Å². The fourth-order valence-corrected chi connectivity index (χ4v) is 5.43. The number of anilines is 1. The van der Waals surface area contributed by atoms with Crippen LogP contribution in [-0.2, 0) is 22.4 Å². The van der Waals surface area contributed by atoms with Gasteiger partial charge in [-0.05, 0) is 73.9 Å². The summed E-state index contributed by atoms with van der Waals surface area (Å²) >= 11 is 0. The lowest BCUT2D eigenvalue weighted by molar-refractivity contribution is -0.136. The Morgan fingerprint density at radius 3 is 2.64 bits per heavy atom. The molecule has 210 valence electrons. The third-order valence-electron chi connectivity index (χ3n) is 7.39. The minimum absolute atomic E-state index is 0.0557. The van der Waals surface area contributed by atoms with Gasteiger partial charge in [-0.25, -0.2) is 4.79 Å². The number of aliphatic carboxylic acids is 1. The number of aliphatic hydroxyl groups excluding tert-OH is 1. The van der Waals surface area contributed by atoms with Gasteiger partial charge in [0.2, 0.25) is 0 Å². The molecular weight excluding hydrogens is 494 g/mol. The van der Waals surface area contributed by atoms with E-state index in [0.29, 0.717) is 55.7 Å². The maximum Gasteiger partial charge on any atom is 0.338 e. The summed E-state index contributed by atoms with van der Waals surface area (Å²) in [6, 6.07) is 15.5. The van der Waals surface area contributed by atoms with Crippen molar-refractivity contribution in [2.75, 3.05) is 37.7 Å². The highest BCUT2D eigenvalue weighted by molar-refractivity contribution is 5.89. The molecule has 0 unspecified atom stereocenters. The summed E-state index contributed by atoms with van der Waals surface area (Å²) in [5, 5.41) is 30.9. The van der Waals surface area contributed by atoms with E-state index in [1.165, 1.54) is 25.7 Å². The van der Waals surface area contributed by atoms with Crippen LogP contribution in [0.25, 0.3) is 0 Å². The first-order valence-electron chi connectivity index (χ1n) is 14.1. The van der Waals surface area contributed by atoms with E-state index in [9.17, 15) is 14.9 Å². The van der Waals surface area contributed by atoms with Crippen LogP contribution in [0.3, 0.4) is 0 Å². The van der Waals surface area contributed by atoms with Gasteiger partial charge in [0.25, 0.3) is 0 Å². The second-order valence-electron chi connectivity index (χ2n) is 10.1. The predicted octanol–water partition coefficient (Wildman–Crippen LogP) is 4.33. The zero-order valence-electron chi connectivity index (χ0n) is 22.9. The highest BCUT2D eigenvalue weighted by Crippen LogP contribution is 2.33. The Balaban J connectivity index is 0.000000320. The summed E-state index contributed by atoms with van der Waals surface area (Å²) in [6.45, 7) is 5.33. The van der Waals surface area contributed by atoms with Crippen molar-refractivity contribution in [1.29, 1.82) is 5.26 Å². The van der Waals surface area contributed by atoms with E-state index in [0.717, 1.165) is 36.3 Å². The lowest BCUT2D eigenvalue weighted by Crippen LogP contribution is -2.39. The van der Waals surface area contributed by atoms with Gasteiger partial charge in [0, 0.05) is 32.2 Å². The number of carboxylic acid groups (broad SMARTS) is 1. The molecule has 1 heterocycles. The van der Waals surface area contributed by atoms with Crippen molar-refractivity contribution in [3.63, 3.8) is 0 Å². The van der Waals surface area contributed by atoms with Gasteiger partial charge in [0.15, 0.2) is 0 Å². The van der Waals surface area contributed by atoms with Gasteiger partial charge in [0.1, 0.15) is 6.07 Å². The van der Waals surface area contributed by atoms with Gasteiger partial charge in [-0.1, -0.05) is 44.0 Å². The summed E-state index contributed by atoms with van der Waals surface area (Å²) in [5.41, 5.74) is 4.01. The molecule has 4 rings (SSSR count). The number of fused-ring (bicyclic) bond motifs is 1. The summed E-state index contributed by atoms with van der Waals surface area (Å²) in [5.74, 6) is -0.655. The first-order chi connectivity index (χ1) is 19.0. The SMILES string of the molecule is CCN[C@@H]1CCCC[C@@H]1CO.N#Cc1cc(CCC(=O)O)cc2c1N(CCCOC(=O)c1ccccc1)CC2. The molecule has 1 fully saturated rings. The molecular formula is C31H41N3O5. The summed E-state index contributed by atoms with van der Waals surface area (Å²) < 4.78 is 5.32. The first kappa shape index (κ1) is 30.1. The van der Waals surface area contributed by atoms with Gasteiger partial charge in [0.05, 0.1) is 23.4 Å². The molecule has 0 spiro atoms. The monoisotopic (exact) mass is 535 g/mol. The van der Waals surface area contributed by atoms with Gasteiger partial charge in [-0.15, -0.1) is 0 Å². The number of rotatable bonds is 11. The van der Waals surface area contributed by atoms with Crippen LogP contribution in [0.1, 0.15) is 72.5 Å². The molecule has 2 aromatic rings. The molecule has 2 atom stereocenters. The molecule has 0 radical (unpaired) electrons. The van der Waals surface area contributed by atoms with Crippen LogP contribution in [0.4, 0.5) is 5.69 Å². The molecule has 0 aromatic heterocycles. The Labute approximate surface area is 231 Å². The number of ether oxygens (including phenoxy) is 1. The number of aliphatic hydroxyl groups is 1. The van der Waals surface area contributed by atoms with Crippen LogP contribution in [0, 0.1) is 17.2 Å². The van der Waals surface area contributed by atoms with Crippen LogP contribution >= 0.6 is 0 Å². The van der Waals surface area contributed by atoms with Gasteiger partial charge >= 0.3 is 11.9 Å². The van der Waals surface area contributed by atoms with Gasteiger partial charge in [-0.2, -0.15) is 5.26 Å². The third-order valence-corrected chi connectivity index (χ3v) is 7.39. The number of esters is 1. The van der Waals surface area contributed by atoms with Crippen molar-refractivity contribution < 1.29 is 24.5 Å². The normalized spacial score (nSPS) is 17.9. The number of carbonyl (C=O) groups excluding carboxylic acids is 1. The van der Waals surface area contributed by atoms with Crippen LogP contribution < -0.4 is 10.2 Å². The molecule has 0 amide bonds. The average molecular weight is 536 g/mol. The van der Waals surface area contributed by atoms with Crippen LogP contribution in [0.2, 0.25) is 0 Å². The maximum atomic E-state index is 12.0. The predicted molar refractivity (Wildman–Crippen MR) is 151 cm³/mol. The number of aryl methyl sites for hydroxylation is 1. The maximum absolute atomic E-state index is 12.0. The number of hydrogen-bond acceptors (Lipinski definition) is 7. The quantitative estimate of drug-likeness (QED) is 0.287. The standard InChI is InChI=1S/C22H22N2O4.C9H19NO/c23-15-19-14-16(7-8-20(25)26)13-18-9-11-24(21(18)19)10-4-12-28-22(27)17-5-2-1-3-6-17;1-2-10-9-6-4-3-5-8(9)7-11/h1-3,5-6,13-14H,4,7-12H2,(H,25,26);8-11H,2-7H2,1H3/t;8-,9-/m.1/s1. The van der Waals surface area contributed by atoms with Crippen molar-refractivity contribution in [2.24, 2.45) is 5.92 Å². The van der Waals surface area contributed by atoms with E-state index >= 15 is 0 Å². The van der Waals surface area contributed by atoms with Gasteiger partial charge < -0.3 is 25.2 Å². The Bertz CT molecular complexity index is 1110. The molecule has 8 nitrogen and oxygen atoms in total. The highest BCUT2D eigenvalue weighted by Gasteiger charge is 2.24. The van der Waals surface area contributed by atoms with E-state index in [2.05, 4.69) is 23.2 Å². The molecule has 0 bridgehead atoms. The van der Waals surface area contributed by atoms with Crippen LogP contribution in [0.5, 0.6) is 0 Å². The molecule has 39 heavy (non-hydrogen) atoms. The van der Waals surface area contributed by atoms with E-state index in [-0.39, 0.29) is 12.4 Å². The van der Waals surface area contributed by atoms with E-state index in [4.69, 9.17) is 14.9 Å². The lowest BCUT2D eigenvalue weighted by Gasteiger charge is -2.30. The number of carbonyl (C=O) groups is 2. The second kappa shape index (κ2) is 15.9. The fraction of sp³-hybridized carbons (Fsp3) is 0.516. The van der Waals surface area contributed by atoms with E-state index in [1.54, 1.807) is 30.3 Å². The number of hydrogen-bond donors (Lipinski definition) is 3. The summed E-state index contributed by atoms with van der Waals surface area (Å²) in [7, 11) is 0. The Morgan fingerprint density at radius 1 is 1.18 bits per heavy atom. The van der Waals surface area contributed by atoms with Gasteiger partial charge in [-0.3, -0.25) is 4.79 Å². The van der Waals surface area contributed by atoms with E-state index < -0.39 is 5.97 Å². The van der Waals surface area contributed by atoms with Crippen molar-refractivity contribution in [1.82, 2.24) is 5.32 Å². The smallest absolute Gasteiger partial charge is 0.338 e. The molecule has 2 aliphatic rings. The highest BCUT2D eigenvalue weighted by atomic mass is 16.5. The molecule has 8 heteroatoms. The molecule has 1 aliphatic carbocycles. The summed E-state index contributed by atoms with van der Waals surface area (Å²) in [4.78, 5) is 24.9. The lowest BCUT2D eigenvalue weighted by atomic mass is 9.85. The molecule has 3 N–H and O–H groups in total. The Morgan fingerprint density at radius 2 is 1.95 bits per heavy atom. The number of nitrogens with one attached hydrogen (secondary N) is 1. The molecule has 2 aromatic carbocycles. The first-order valence-corrected chi connectivity index (χ1v) is 14.1. The zero-order chi connectivity index (χ0) is 28.0. The Hall–Kier alpha value is -3.41. The second-order valence-corrected chi connectivity index (χ2v) is 10.1. The van der Waals surface area contributed by atoms with Crippen molar-refractivity contribution in [3.05, 3.63) is 64.7 Å². The molecule has 1 saturated carbocycles. The van der Waals surface area contributed by atoms with Crippen LogP contribution in [0.15, 0.2) is 42.5 Å². The number of nitriles is 1. The van der Waals surface area contributed by atoms with Crippen molar-refractivity contribution in [2.45, 2.75) is 64.3 Å². The number of carboxylic acids is 1.